The Morgan fingerprint density at radius 3 is 2.80 bits per heavy atom. The number of benzene rings is 1. The van der Waals surface area contributed by atoms with E-state index in [2.05, 4.69) is 29.9 Å². The van der Waals surface area contributed by atoms with E-state index < -0.39 is 0 Å². The first-order chi connectivity index (χ1) is 14.5. The van der Waals surface area contributed by atoms with Gasteiger partial charge >= 0.3 is 0 Å². The second-order valence-corrected chi connectivity index (χ2v) is 9.16. The second kappa shape index (κ2) is 8.85. The number of aromatic amines is 1. The van der Waals surface area contributed by atoms with Gasteiger partial charge in [0.2, 0.25) is 0 Å². The number of nitriles is 1. The minimum absolute atomic E-state index is 0.149. The molecule has 0 fully saturated rings. The minimum atomic E-state index is -0.149. The van der Waals surface area contributed by atoms with E-state index in [0.717, 1.165) is 53.8 Å². The fourth-order valence-corrected chi connectivity index (χ4v) is 4.95. The van der Waals surface area contributed by atoms with Crippen LogP contribution < -0.4 is 10.3 Å². The highest BCUT2D eigenvalue weighted by atomic mass is 32.1. The zero-order chi connectivity index (χ0) is 21.1. The molecule has 0 aliphatic heterocycles. The molecule has 0 saturated carbocycles. The first kappa shape index (κ1) is 20.4. The van der Waals surface area contributed by atoms with Crippen molar-refractivity contribution in [1.82, 2.24) is 9.97 Å². The van der Waals surface area contributed by atoms with E-state index in [1.807, 2.05) is 24.3 Å². The molecule has 0 saturated heterocycles. The summed E-state index contributed by atoms with van der Waals surface area (Å²) in [5.74, 6) is 1.74. The SMILES string of the molecule is CC(C)CCOc1ccc(/C=C(\C#N)c2nc3sc4c(c3c(=O)[nH]2)CCCC4)cc1. The van der Waals surface area contributed by atoms with Crippen molar-refractivity contribution in [3.63, 3.8) is 0 Å². The largest absolute Gasteiger partial charge is 0.494 e. The monoisotopic (exact) mass is 419 g/mol. The molecular weight excluding hydrogens is 394 g/mol. The number of hydrogen-bond donors (Lipinski definition) is 1. The van der Waals surface area contributed by atoms with Gasteiger partial charge < -0.3 is 9.72 Å². The number of thiophene rings is 1. The van der Waals surface area contributed by atoms with E-state index in [1.165, 1.54) is 4.88 Å². The summed E-state index contributed by atoms with van der Waals surface area (Å²) in [6.07, 6.45) is 6.97. The lowest BCUT2D eigenvalue weighted by Gasteiger charge is -2.09. The summed E-state index contributed by atoms with van der Waals surface area (Å²) in [7, 11) is 0. The lowest BCUT2D eigenvalue weighted by molar-refractivity contribution is 0.289. The van der Waals surface area contributed by atoms with Gasteiger partial charge in [0, 0.05) is 4.88 Å². The van der Waals surface area contributed by atoms with Gasteiger partial charge in [-0.15, -0.1) is 11.3 Å². The molecule has 0 unspecified atom stereocenters. The van der Waals surface area contributed by atoms with Crippen LogP contribution >= 0.6 is 11.3 Å². The summed E-state index contributed by atoms with van der Waals surface area (Å²) in [4.78, 5) is 22.2. The quantitative estimate of drug-likeness (QED) is 0.546. The van der Waals surface area contributed by atoms with Crippen molar-refractivity contribution in [3.05, 3.63) is 56.4 Å². The molecule has 1 aliphatic rings. The number of nitrogens with one attached hydrogen (secondary N) is 1. The predicted molar refractivity (Wildman–Crippen MR) is 122 cm³/mol. The van der Waals surface area contributed by atoms with Crippen LogP contribution in [0.1, 0.15) is 54.9 Å². The third-order valence-electron chi connectivity index (χ3n) is 5.36. The Morgan fingerprint density at radius 2 is 2.07 bits per heavy atom. The maximum absolute atomic E-state index is 12.8. The molecule has 154 valence electrons. The molecule has 3 aromatic rings. The van der Waals surface area contributed by atoms with Crippen LogP contribution in [0.25, 0.3) is 21.9 Å². The van der Waals surface area contributed by atoms with E-state index in [-0.39, 0.29) is 5.56 Å². The zero-order valence-electron chi connectivity index (χ0n) is 17.3. The van der Waals surface area contributed by atoms with E-state index in [1.54, 1.807) is 17.4 Å². The molecule has 0 atom stereocenters. The summed E-state index contributed by atoms with van der Waals surface area (Å²) >= 11 is 1.59. The summed E-state index contributed by atoms with van der Waals surface area (Å²) in [6, 6.07) is 9.79. The van der Waals surface area contributed by atoms with Crippen molar-refractivity contribution in [2.24, 2.45) is 5.92 Å². The smallest absolute Gasteiger partial charge is 0.260 e. The average Bonchev–Trinajstić information content (AvgIpc) is 3.11. The Kier molecular flexibility index (Phi) is 6.01. The number of fused-ring (bicyclic) bond motifs is 3. The number of allylic oxidation sites excluding steroid dienone is 1. The van der Waals surface area contributed by atoms with Crippen molar-refractivity contribution < 1.29 is 4.74 Å². The number of aryl methyl sites for hydroxylation is 2. The van der Waals surface area contributed by atoms with Crippen molar-refractivity contribution in [3.8, 4) is 11.8 Å². The highest BCUT2D eigenvalue weighted by Crippen LogP contribution is 2.34. The van der Waals surface area contributed by atoms with E-state index in [0.29, 0.717) is 29.3 Å². The molecule has 30 heavy (non-hydrogen) atoms. The predicted octanol–water partition coefficient (Wildman–Crippen LogP) is 5.35. The zero-order valence-corrected chi connectivity index (χ0v) is 18.1. The molecule has 6 heteroatoms. The Morgan fingerprint density at radius 1 is 1.30 bits per heavy atom. The van der Waals surface area contributed by atoms with Crippen LogP contribution in [-0.4, -0.2) is 16.6 Å². The fourth-order valence-electron chi connectivity index (χ4n) is 3.68. The van der Waals surface area contributed by atoms with Gasteiger partial charge in [-0.25, -0.2) is 4.98 Å². The van der Waals surface area contributed by atoms with E-state index in [9.17, 15) is 10.1 Å². The molecule has 0 amide bonds. The Bertz CT molecular complexity index is 1180. The average molecular weight is 420 g/mol. The highest BCUT2D eigenvalue weighted by Gasteiger charge is 2.20. The van der Waals surface area contributed by atoms with Gasteiger partial charge in [0.25, 0.3) is 5.56 Å². The van der Waals surface area contributed by atoms with Gasteiger partial charge in [-0.1, -0.05) is 26.0 Å². The second-order valence-electron chi connectivity index (χ2n) is 8.08. The van der Waals surface area contributed by atoms with Gasteiger partial charge in [-0.3, -0.25) is 4.79 Å². The van der Waals surface area contributed by atoms with Gasteiger partial charge in [0.1, 0.15) is 16.6 Å². The van der Waals surface area contributed by atoms with Crippen molar-refractivity contribution in [1.29, 1.82) is 5.26 Å². The summed E-state index contributed by atoms with van der Waals surface area (Å²) in [5.41, 5.74) is 2.20. The molecular formula is C24H25N3O2S. The van der Waals surface area contributed by atoms with E-state index >= 15 is 0 Å². The molecule has 2 aromatic heterocycles. The Labute approximate surface area is 180 Å². The Balaban J connectivity index is 1.61. The molecule has 0 bridgehead atoms. The number of aromatic nitrogens is 2. The number of hydrogen-bond acceptors (Lipinski definition) is 5. The fraction of sp³-hybridized carbons (Fsp3) is 0.375. The van der Waals surface area contributed by atoms with Crippen LogP contribution in [0.4, 0.5) is 0 Å². The molecule has 1 N–H and O–H groups in total. The van der Waals surface area contributed by atoms with Crippen molar-refractivity contribution in [2.45, 2.75) is 46.0 Å². The minimum Gasteiger partial charge on any atom is -0.494 e. The van der Waals surface area contributed by atoms with Crippen LogP contribution in [0, 0.1) is 17.2 Å². The molecule has 1 aromatic carbocycles. The third-order valence-corrected chi connectivity index (χ3v) is 6.54. The van der Waals surface area contributed by atoms with Crippen LogP contribution in [0.5, 0.6) is 5.75 Å². The Hall–Kier alpha value is -2.91. The highest BCUT2D eigenvalue weighted by molar-refractivity contribution is 7.18. The maximum Gasteiger partial charge on any atom is 0.260 e. The van der Waals surface area contributed by atoms with Gasteiger partial charge in [0.15, 0.2) is 5.82 Å². The summed E-state index contributed by atoms with van der Waals surface area (Å²) in [6.45, 7) is 5.02. The molecule has 4 rings (SSSR count). The third kappa shape index (κ3) is 4.31. The van der Waals surface area contributed by atoms with Gasteiger partial charge in [0.05, 0.1) is 17.6 Å². The number of ether oxygens (including phenoxy) is 1. The summed E-state index contributed by atoms with van der Waals surface area (Å²) < 4.78 is 5.75. The molecule has 2 heterocycles. The first-order valence-electron chi connectivity index (χ1n) is 10.4. The van der Waals surface area contributed by atoms with E-state index in [4.69, 9.17) is 4.74 Å². The lowest BCUT2D eigenvalue weighted by atomic mass is 9.97. The van der Waals surface area contributed by atoms with Crippen molar-refractivity contribution >= 4 is 33.2 Å². The molecule has 1 aliphatic carbocycles. The molecule has 0 spiro atoms. The maximum atomic E-state index is 12.8. The standard InChI is InChI=1S/C24H25N3O2S/c1-15(2)11-12-29-18-9-7-16(8-10-18)13-17(14-25)22-26-23(28)21-19-5-3-4-6-20(19)30-24(21)27-22/h7-10,13,15H,3-6,11-12H2,1-2H3,(H,26,27,28)/b17-13+. The normalized spacial score (nSPS) is 14.0. The number of H-pyrrole nitrogens is 1. The van der Waals surface area contributed by atoms with Gasteiger partial charge in [-0.2, -0.15) is 5.26 Å². The van der Waals surface area contributed by atoms with Crippen LogP contribution in [0.15, 0.2) is 29.1 Å². The first-order valence-corrected chi connectivity index (χ1v) is 11.3. The molecule has 5 nitrogen and oxygen atoms in total. The van der Waals surface area contributed by atoms with Crippen molar-refractivity contribution in [2.75, 3.05) is 6.61 Å². The number of rotatable bonds is 6. The van der Waals surface area contributed by atoms with Crippen LogP contribution in [-0.2, 0) is 12.8 Å². The summed E-state index contributed by atoms with van der Waals surface area (Å²) in [5, 5.41) is 10.4. The topological polar surface area (TPSA) is 78.8 Å². The molecule has 0 radical (unpaired) electrons. The lowest BCUT2D eigenvalue weighted by Crippen LogP contribution is -2.12. The van der Waals surface area contributed by atoms with Crippen LogP contribution in [0.3, 0.4) is 0 Å². The number of nitrogens with zero attached hydrogens (tertiary/aromatic N) is 2. The van der Waals surface area contributed by atoms with Crippen LogP contribution in [0.2, 0.25) is 0 Å². The van der Waals surface area contributed by atoms with Gasteiger partial charge in [-0.05, 0) is 67.4 Å².